The topological polar surface area (TPSA) is 81.5 Å². The van der Waals surface area contributed by atoms with E-state index in [9.17, 15) is 14.9 Å². The van der Waals surface area contributed by atoms with E-state index in [0.29, 0.717) is 11.3 Å². The molecule has 138 valence electrons. The van der Waals surface area contributed by atoms with Crippen LogP contribution in [0.3, 0.4) is 0 Å². The van der Waals surface area contributed by atoms with Crippen molar-refractivity contribution >= 4 is 22.4 Å². The third-order valence-electron chi connectivity index (χ3n) is 4.39. The largest absolute Gasteiger partial charge is 0.484 e. The van der Waals surface area contributed by atoms with Gasteiger partial charge in [-0.1, -0.05) is 36.4 Å². The van der Waals surface area contributed by atoms with Crippen molar-refractivity contribution in [2.45, 2.75) is 19.9 Å². The molecule has 0 aromatic heterocycles. The van der Waals surface area contributed by atoms with Gasteiger partial charge in [0.25, 0.3) is 11.6 Å². The van der Waals surface area contributed by atoms with Crippen molar-refractivity contribution in [1.82, 2.24) is 5.32 Å². The Balaban J connectivity index is 1.59. The van der Waals surface area contributed by atoms with E-state index in [2.05, 4.69) is 11.4 Å². The van der Waals surface area contributed by atoms with E-state index in [1.165, 1.54) is 12.1 Å². The molecule has 0 saturated carbocycles. The second-order valence-electron chi connectivity index (χ2n) is 6.39. The first kappa shape index (κ1) is 18.4. The molecule has 0 heterocycles. The predicted octanol–water partition coefficient (Wildman–Crippen LogP) is 4.31. The summed E-state index contributed by atoms with van der Waals surface area (Å²) in [7, 11) is 0. The summed E-state index contributed by atoms with van der Waals surface area (Å²) in [5, 5.41) is 16.0. The van der Waals surface area contributed by atoms with Crippen molar-refractivity contribution < 1.29 is 14.5 Å². The van der Waals surface area contributed by atoms with E-state index in [1.54, 1.807) is 13.0 Å². The zero-order valence-corrected chi connectivity index (χ0v) is 15.1. The van der Waals surface area contributed by atoms with Crippen LogP contribution in [-0.4, -0.2) is 17.4 Å². The van der Waals surface area contributed by atoms with Crippen molar-refractivity contribution in [3.63, 3.8) is 0 Å². The van der Waals surface area contributed by atoms with Gasteiger partial charge in [0.2, 0.25) is 0 Å². The zero-order valence-electron chi connectivity index (χ0n) is 15.1. The Kier molecular flexibility index (Phi) is 5.35. The second-order valence-corrected chi connectivity index (χ2v) is 6.39. The van der Waals surface area contributed by atoms with Crippen LogP contribution in [0.15, 0.2) is 60.7 Å². The molecule has 0 bridgehead atoms. The Morgan fingerprint density at radius 2 is 1.85 bits per heavy atom. The Hall–Kier alpha value is -3.41. The molecule has 1 N–H and O–H groups in total. The molecule has 0 fully saturated rings. The first-order valence-corrected chi connectivity index (χ1v) is 8.60. The fourth-order valence-electron chi connectivity index (χ4n) is 2.92. The van der Waals surface area contributed by atoms with Gasteiger partial charge in [0, 0.05) is 11.6 Å². The maximum Gasteiger partial charge on any atom is 0.272 e. The third-order valence-corrected chi connectivity index (χ3v) is 4.39. The lowest BCUT2D eigenvalue weighted by Crippen LogP contribution is -2.31. The van der Waals surface area contributed by atoms with Crippen LogP contribution in [0.2, 0.25) is 0 Å². The van der Waals surface area contributed by atoms with Gasteiger partial charge in [-0.15, -0.1) is 0 Å². The van der Waals surface area contributed by atoms with Crippen LogP contribution in [0.1, 0.15) is 24.1 Å². The molecule has 1 atom stereocenters. The summed E-state index contributed by atoms with van der Waals surface area (Å²) < 4.78 is 5.46. The molecular formula is C21H20N2O4. The molecule has 0 aliphatic carbocycles. The summed E-state index contributed by atoms with van der Waals surface area (Å²) in [5.41, 5.74) is 1.52. The third kappa shape index (κ3) is 4.41. The maximum atomic E-state index is 12.2. The number of hydrogen-bond donors (Lipinski definition) is 1. The van der Waals surface area contributed by atoms with Gasteiger partial charge in [-0.25, -0.2) is 0 Å². The molecule has 6 nitrogen and oxygen atoms in total. The van der Waals surface area contributed by atoms with Crippen molar-refractivity contribution in [3.8, 4) is 5.75 Å². The molecule has 0 saturated heterocycles. The minimum absolute atomic E-state index is 0.0247. The van der Waals surface area contributed by atoms with Crippen molar-refractivity contribution in [2.24, 2.45) is 0 Å². The SMILES string of the molecule is Cc1cc(OCC(=O)N[C@@H](C)c2ccc3ccccc3c2)ccc1[N+](=O)[O-]. The standard InChI is InChI=1S/C21H20N2O4/c1-14-11-19(9-10-20(14)23(25)26)27-13-21(24)22-15(2)17-8-7-16-5-3-4-6-18(16)12-17/h3-12,15H,13H2,1-2H3,(H,22,24)/t15-/m0/s1. The number of aryl methyl sites for hydroxylation is 1. The van der Waals surface area contributed by atoms with Gasteiger partial charge in [-0.05, 0) is 48.4 Å². The number of nitro groups is 1. The lowest BCUT2D eigenvalue weighted by molar-refractivity contribution is -0.385. The quantitative estimate of drug-likeness (QED) is 0.522. The van der Waals surface area contributed by atoms with Crippen molar-refractivity contribution in [2.75, 3.05) is 6.61 Å². The number of rotatable bonds is 6. The van der Waals surface area contributed by atoms with Gasteiger partial charge in [0.05, 0.1) is 11.0 Å². The minimum atomic E-state index is -0.447. The van der Waals surface area contributed by atoms with Gasteiger partial charge >= 0.3 is 0 Å². The number of nitrogens with zero attached hydrogens (tertiary/aromatic N) is 1. The summed E-state index contributed by atoms with van der Waals surface area (Å²) in [5.74, 6) is 0.165. The number of nitrogens with one attached hydrogen (secondary N) is 1. The monoisotopic (exact) mass is 364 g/mol. The molecule has 0 radical (unpaired) electrons. The van der Waals surface area contributed by atoms with E-state index < -0.39 is 4.92 Å². The fourth-order valence-corrected chi connectivity index (χ4v) is 2.92. The Morgan fingerprint density at radius 1 is 1.11 bits per heavy atom. The van der Waals surface area contributed by atoms with E-state index in [0.717, 1.165) is 16.3 Å². The highest BCUT2D eigenvalue weighted by Crippen LogP contribution is 2.23. The normalized spacial score (nSPS) is 11.8. The van der Waals surface area contributed by atoms with Crippen LogP contribution >= 0.6 is 0 Å². The number of hydrogen-bond acceptors (Lipinski definition) is 4. The molecule has 0 spiro atoms. The highest BCUT2D eigenvalue weighted by Gasteiger charge is 2.13. The van der Waals surface area contributed by atoms with E-state index in [-0.39, 0.29) is 24.2 Å². The van der Waals surface area contributed by atoms with E-state index in [4.69, 9.17) is 4.74 Å². The second kappa shape index (κ2) is 7.86. The van der Waals surface area contributed by atoms with Crippen LogP contribution in [0, 0.1) is 17.0 Å². The average Bonchev–Trinajstić information content (AvgIpc) is 2.65. The molecule has 3 rings (SSSR count). The van der Waals surface area contributed by atoms with Crippen LogP contribution in [0.25, 0.3) is 10.8 Å². The summed E-state index contributed by atoms with van der Waals surface area (Å²) >= 11 is 0. The van der Waals surface area contributed by atoms with Gasteiger partial charge in [0.1, 0.15) is 5.75 Å². The first-order valence-electron chi connectivity index (χ1n) is 8.60. The van der Waals surface area contributed by atoms with Gasteiger partial charge < -0.3 is 10.1 Å². The Labute approximate surface area is 156 Å². The molecular weight excluding hydrogens is 344 g/mol. The van der Waals surface area contributed by atoms with E-state index >= 15 is 0 Å². The molecule has 3 aromatic rings. The number of ether oxygens (including phenoxy) is 1. The summed E-state index contributed by atoms with van der Waals surface area (Å²) in [4.78, 5) is 22.6. The average molecular weight is 364 g/mol. The number of carbonyl (C=O) groups is 1. The first-order chi connectivity index (χ1) is 12.9. The molecule has 0 unspecified atom stereocenters. The Bertz CT molecular complexity index is 1000. The van der Waals surface area contributed by atoms with Crippen LogP contribution in [0.5, 0.6) is 5.75 Å². The number of fused-ring (bicyclic) bond motifs is 1. The molecule has 6 heteroatoms. The summed E-state index contributed by atoms with van der Waals surface area (Å²) in [6.45, 7) is 3.39. The predicted molar refractivity (Wildman–Crippen MR) is 104 cm³/mol. The van der Waals surface area contributed by atoms with Gasteiger partial charge in [-0.3, -0.25) is 14.9 Å². The highest BCUT2D eigenvalue weighted by molar-refractivity contribution is 5.83. The highest BCUT2D eigenvalue weighted by atomic mass is 16.6. The number of benzene rings is 3. The van der Waals surface area contributed by atoms with Crippen molar-refractivity contribution in [1.29, 1.82) is 0 Å². The van der Waals surface area contributed by atoms with Gasteiger partial charge in [-0.2, -0.15) is 0 Å². The lowest BCUT2D eigenvalue weighted by atomic mass is 10.0. The molecule has 0 aliphatic heterocycles. The van der Waals surface area contributed by atoms with Crippen LogP contribution < -0.4 is 10.1 Å². The zero-order chi connectivity index (χ0) is 19.4. The molecule has 27 heavy (non-hydrogen) atoms. The van der Waals surface area contributed by atoms with Crippen molar-refractivity contribution in [3.05, 3.63) is 81.9 Å². The molecule has 3 aromatic carbocycles. The lowest BCUT2D eigenvalue weighted by Gasteiger charge is -2.15. The number of amides is 1. The fraction of sp³-hybridized carbons (Fsp3) is 0.190. The van der Waals surface area contributed by atoms with Crippen LogP contribution in [0.4, 0.5) is 5.69 Å². The molecule has 1 amide bonds. The maximum absolute atomic E-state index is 12.2. The van der Waals surface area contributed by atoms with Gasteiger partial charge in [0.15, 0.2) is 6.61 Å². The Morgan fingerprint density at radius 3 is 2.56 bits per heavy atom. The number of nitro benzene ring substituents is 1. The number of carbonyl (C=O) groups excluding carboxylic acids is 1. The smallest absolute Gasteiger partial charge is 0.272 e. The minimum Gasteiger partial charge on any atom is -0.484 e. The van der Waals surface area contributed by atoms with E-state index in [1.807, 2.05) is 43.3 Å². The summed E-state index contributed by atoms with van der Waals surface area (Å²) in [6, 6.07) is 18.4. The molecule has 0 aliphatic rings. The van der Waals surface area contributed by atoms with Crippen LogP contribution in [-0.2, 0) is 4.79 Å². The summed E-state index contributed by atoms with van der Waals surface area (Å²) in [6.07, 6.45) is 0.